The van der Waals surface area contributed by atoms with E-state index >= 15 is 0 Å². The third-order valence-electron chi connectivity index (χ3n) is 5.80. The van der Waals surface area contributed by atoms with Gasteiger partial charge in [0, 0.05) is 12.1 Å². The van der Waals surface area contributed by atoms with Crippen LogP contribution in [0.2, 0.25) is 10.0 Å². The monoisotopic (exact) mass is 556 g/mol. The van der Waals surface area contributed by atoms with Crippen molar-refractivity contribution in [2.45, 2.75) is 10.5 Å². The number of sulfone groups is 1. The van der Waals surface area contributed by atoms with Crippen molar-refractivity contribution in [1.82, 2.24) is 0 Å². The van der Waals surface area contributed by atoms with Crippen molar-refractivity contribution in [1.29, 1.82) is 0 Å². The van der Waals surface area contributed by atoms with Gasteiger partial charge >= 0.3 is 0 Å². The van der Waals surface area contributed by atoms with E-state index in [0.717, 1.165) is 12.1 Å². The van der Waals surface area contributed by atoms with E-state index in [2.05, 4.69) is 0 Å². The highest BCUT2D eigenvalue weighted by Gasteiger charge is 2.40. The third-order valence-corrected chi connectivity index (χ3v) is 8.84. The van der Waals surface area contributed by atoms with E-state index in [1.807, 2.05) is 0 Å². The van der Waals surface area contributed by atoms with Gasteiger partial charge in [-0.1, -0.05) is 96.0 Å². The van der Waals surface area contributed by atoms with E-state index in [9.17, 15) is 28.6 Å². The summed E-state index contributed by atoms with van der Waals surface area (Å²) in [6, 6.07) is 24.2. The zero-order chi connectivity index (χ0) is 26.7. The third kappa shape index (κ3) is 5.34. The zero-order valence-electron chi connectivity index (χ0n) is 18.9. The van der Waals surface area contributed by atoms with Gasteiger partial charge in [-0.2, -0.15) is 0 Å². The van der Waals surface area contributed by atoms with Crippen LogP contribution in [0, 0.1) is 20.2 Å². The van der Waals surface area contributed by atoms with Gasteiger partial charge in [-0.05, 0) is 34.4 Å². The number of benzene rings is 4. The van der Waals surface area contributed by atoms with Crippen LogP contribution in [0.1, 0.15) is 32.8 Å². The van der Waals surface area contributed by atoms with Crippen LogP contribution in [0.15, 0.2) is 97.1 Å². The van der Waals surface area contributed by atoms with Crippen LogP contribution < -0.4 is 0 Å². The van der Waals surface area contributed by atoms with Crippen LogP contribution in [0.3, 0.4) is 0 Å². The Bertz CT molecular complexity index is 1470. The van der Waals surface area contributed by atoms with Gasteiger partial charge in [0.25, 0.3) is 11.4 Å². The van der Waals surface area contributed by atoms with Gasteiger partial charge in [0.05, 0.1) is 9.85 Å². The second-order valence-corrected chi connectivity index (χ2v) is 11.0. The normalized spacial score (nSPS) is 13.0. The van der Waals surface area contributed by atoms with Crippen LogP contribution in [0.5, 0.6) is 0 Å². The van der Waals surface area contributed by atoms with Crippen molar-refractivity contribution < 1.29 is 18.3 Å². The molecule has 2 unspecified atom stereocenters. The Balaban J connectivity index is 2.01. The minimum absolute atomic E-state index is 0.131. The topological polar surface area (TPSA) is 120 Å². The number of nitro benzene ring substituents is 2. The SMILES string of the molecule is O=[N+]([O-])c1cc(C(c2ccccc2)S(=O)(=O)C(c2ccccc2)c2ccc(Cl)c([N+](=O)[O-])c2)ccc1Cl. The van der Waals surface area contributed by atoms with E-state index in [0.29, 0.717) is 11.1 Å². The minimum Gasteiger partial charge on any atom is -0.258 e. The number of nitrogens with zero attached hydrogens (tertiary/aromatic N) is 2. The first kappa shape index (κ1) is 26.3. The van der Waals surface area contributed by atoms with Gasteiger partial charge in [0.1, 0.15) is 20.5 Å². The van der Waals surface area contributed by atoms with E-state index in [4.69, 9.17) is 23.2 Å². The van der Waals surface area contributed by atoms with Crippen LogP contribution in [-0.2, 0) is 9.84 Å². The average Bonchev–Trinajstić information content (AvgIpc) is 2.87. The molecule has 0 aliphatic rings. The van der Waals surface area contributed by atoms with Crippen LogP contribution in [-0.4, -0.2) is 18.3 Å². The summed E-state index contributed by atoms with van der Waals surface area (Å²) in [5.41, 5.74) is 0.118. The van der Waals surface area contributed by atoms with Crippen molar-refractivity contribution in [3.8, 4) is 0 Å². The molecule has 0 amide bonds. The van der Waals surface area contributed by atoms with E-state index < -0.39 is 41.6 Å². The Morgan fingerprint density at radius 3 is 1.24 bits per heavy atom. The fourth-order valence-corrected chi connectivity index (χ4v) is 6.97. The highest BCUT2D eigenvalue weighted by atomic mass is 35.5. The Morgan fingerprint density at radius 1 is 0.568 bits per heavy atom. The molecular weight excluding hydrogens is 539 g/mol. The van der Waals surface area contributed by atoms with Crippen molar-refractivity contribution in [2.75, 3.05) is 0 Å². The predicted octanol–water partition coefficient (Wildman–Crippen LogP) is 7.10. The second-order valence-electron chi connectivity index (χ2n) is 8.11. The molecule has 0 saturated carbocycles. The molecule has 8 nitrogen and oxygen atoms in total. The Labute approximate surface area is 222 Å². The summed E-state index contributed by atoms with van der Waals surface area (Å²) < 4.78 is 29.1. The zero-order valence-corrected chi connectivity index (χ0v) is 21.2. The molecule has 0 N–H and O–H groups in total. The largest absolute Gasteiger partial charge is 0.288 e. The predicted molar refractivity (Wildman–Crippen MR) is 142 cm³/mol. The standard InChI is InChI=1S/C26H18Cl2N2O6S/c27-21-13-11-19(15-23(21)29(31)32)25(17-7-3-1-4-8-17)37(35,36)26(18-9-5-2-6-10-18)20-12-14-22(28)24(16-20)30(33)34/h1-16,25-26H. The molecule has 0 radical (unpaired) electrons. The molecule has 0 heterocycles. The van der Waals surface area contributed by atoms with Gasteiger partial charge in [-0.15, -0.1) is 0 Å². The van der Waals surface area contributed by atoms with Crippen molar-refractivity contribution >= 4 is 44.4 Å². The van der Waals surface area contributed by atoms with Gasteiger partial charge in [-0.3, -0.25) is 20.2 Å². The average molecular weight is 557 g/mol. The van der Waals surface area contributed by atoms with Crippen LogP contribution in [0.25, 0.3) is 0 Å². The highest BCUT2D eigenvalue weighted by Crippen LogP contribution is 2.44. The quantitative estimate of drug-likeness (QED) is 0.168. The van der Waals surface area contributed by atoms with Crippen molar-refractivity contribution in [3.63, 3.8) is 0 Å². The molecule has 4 aromatic rings. The maximum Gasteiger partial charge on any atom is 0.288 e. The van der Waals surface area contributed by atoms with Gasteiger partial charge in [-0.25, -0.2) is 8.42 Å². The molecule has 0 aliphatic heterocycles. The number of hydrogen-bond donors (Lipinski definition) is 0. The molecule has 0 aromatic heterocycles. The van der Waals surface area contributed by atoms with Crippen LogP contribution >= 0.6 is 23.2 Å². The number of halogens is 2. The molecule has 4 aromatic carbocycles. The van der Waals surface area contributed by atoms with Gasteiger partial charge in [0.15, 0.2) is 9.84 Å². The summed E-state index contributed by atoms with van der Waals surface area (Å²) in [7, 11) is -4.32. The van der Waals surface area contributed by atoms with Gasteiger partial charge in [0.2, 0.25) is 0 Å². The van der Waals surface area contributed by atoms with Crippen molar-refractivity contribution in [2.24, 2.45) is 0 Å². The molecular formula is C26H18Cl2N2O6S. The molecule has 0 spiro atoms. The molecule has 37 heavy (non-hydrogen) atoms. The molecule has 2 atom stereocenters. The summed E-state index contributed by atoms with van der Waals surface area (Å²) in [5, 5.41) is 20.2. The first-order chi connectivity index (χ1) is 17.6. The number of rotatable bonds is 8. The Kier molecular flexibility index (Phi) is 7.58. The van der Waals surface area contributed by atoms with Crippen LogP contribution in [0.4, 0.5) is 11.4 Å². The minimum atomic E-state index is -4.32. The smallest absolute Gasteiger partial charge is 0.258 e. The first-order valence-corrected chi connectivity index (χ1v) is 13.2. The van der Waals surface area contributed by atoms with Crippen molar-refractivity contribution in [3.05, 3.63) is 150 Å². The molecule has 4 rings (SSSR count). The first-order valence-electron chi connectivity index (χ1n) is 10.8. The summed E-state index contributed by atoms with van der Waals surface area (Å²) in [6.07, 6.45) is 0. The lowest BCUT2D eigenvalue weighted by Crippen LogP contribution is -2.23. The highest BCUT2D eigenvalue weighted by molar-refractivity contribution is 7.92. The second kappa shape index (κ2) is 10.7. The number of nitro groups is 2. The maximum atomic E-state index is 14.6. The summed E-state index contributed by atoms with van der Waals surface area (Å²) >= 11 is 12.0. The summed E-state index contributed by atoms with van der Waals surface area (Å²) in [4.78, 5) is 21.8. The lowest BCUT2D eigenvalue weighted by molar-refractivity contribution is -0.384. The number of hydrogen-bond acceptors (Lipinski definition) is 6. The lowest BCUT2D eigenvalue weighted by Gasteiger charge is -2.26. The van der Waals surface area contributed by atoms with E-state index in [1.54, 1.807) is 60.7 Å². The Morgan fingerprint density at radius 2 is 0.919 bits per heavy atom. The fraction of sp³-hybridized carbons (Fsp3) is 0.0769. The fourth-order valence-electron chi connectivity index (χ4n) is 4.20. The molecule has 0 fully saturated rings. The molecule has 188 valence electrons. The Hall–Kier alpha value is -3.79. The van der Waals surface area contributed by atoms with E-state index in [-0.39, 0.29) is 21.2 Å². The van der Waals surface area contributed by atoms with Gasteiger partial charge < -0.3 is 0 Å². The summed E-state index contributed by atoms with van der Waals surface area (Å²) in [6.45, 7) is 0. The maximum absolute atomic E-state index is 14.6. The molecule has 0 bridgehead atoms. The lowest BCUT2D eigenvalue weighted by atomic mass is 10.0. The summed E-state index contributed by atoms with van der Waals surface area (Å²) in [5.74, 6) is 0. The molecule has 0 aliphatic carbocycles. The molecule has 0 saturated heterocycles. The van der Waals surface area contributed by atoms with E-state index in [1.165, 1.54) is 24.3 Å². The molecule has 11 heteroatoms.